The summed E-state index contributed by atoms with van der Waals surface area (Å²) < 4.78 is 0. The van der Waals surface area contributed by atoms with Crippen molar-refractivity contribution in [2.45, 2.75) is 6.92 Å². The highest BCUT2D eigenvalue weighted by Gasteiger charge is 2.02. The monoisotopic (exact) mass is 253 g/mol. The van der Waals surface area contributed by atoms with E-state index < -0.39 is 5.97 Å². The van der Waals surface area contributed by atoms with Gasteiger partial charge in [-0.2, -0.15) is 0 Å². The summed E-state index contributed by atoms with van der Waals surface area (Å²) in [6.07, 6.45) is 1.91. The van der Waals surface area contributed by atoms with E-state index in [-0.39, 0.29) is 0 Å². The molecule has 0 saturated heterocycles. The number of rotatable bonds is 4. The van der Waals surface area contributed by atoms with E-state index in [2.05, 4.69) is 5.32 Å². The third-order valence-corrected chi connectivity index (χ3v) is 2.82. The molecule has 0 amide bonds. The van der Waals surface area contributed by atoms with Crippen LogP contribution < -0.4 is 5.32 Å². The van der Waals surface area contributed by atoms with Crippen molar-refractivity contribution in [3.05, 3.63) is 71.9 Å². The summed E-state index contributed by atoms with van der Waals surface area (Å²) in [7, 11) is 0. The third-order valence-electron chi connectivity index (χ3n) is 2.82. The molecule has 0 unspecified atom stereocenters. The van der Waals surface area contributed by atoms with Gasteiger partial charge in [0.2, 0.25) is 0 Å². The van der Waals surface area contributed by atoms with Gasteiger partial charge in [-0.25, -0.2) is 4.79 Å². The SMILES string of the molecule is C/C(=C/Nc1ccccc1)c1ccc(C(=O)O)cc1. The van der Waals surface area contributed by atoms with Crippen molar-refractivity contribution in [1.29, 1.82) is 0 Å². The average Bonchev–Trinajstić information content (AvgIpc) is 2.46. The highest BCUT2D eigenvalue weighted by atomic mass is 16.4. The average molecular weight is 253 g/mol. The first kappa shape index (κ1) is 12.9. The van der Waals surface area contributed by atoms with Gasteiger partial charge in [0, 0.05) is 11.9 Å². The molecule has 0 aromatic heterocycles. The van der Waals surface area contributed by atoms with Crippen LogP contribution in [0.1, 0.15) is 22.8 Å². The Morgan fingerprint density at radius 2 is 1.58 bits per heavy atom. The molecule has 0 saturated carbocycles. The normalized spacial score (nSPS) is 11.1. The number of benzene rings is 2. The fourth-order valence-corrected chi connectivity index (χ4v) is 1.68. The Kier molecular flexibility index (Phi) is 3.98. The molecule has 2 aromatic rings. The van der Waals surface area contributed by atoms with Crippen LogP contribution in [0.25, 0.3) is 5.57 Å². The van der Waals surface area contributed by atoms with Gasteiger partial charge in [0.05, 0.1) is 5.56 Å². The van der Waals surface area contributed by atoms with E-state index >= 15 is 0 Å². The van der Waals surface area contributed by atoms with Crippen LogP contribution >= 0.6 is 0 Å². The molecular formula is C16H15NO2. The second-order valence-electron chi connectivity index (χ2n) is 4.22. The summed E-state index contributed by atoms with van der Waals surface area (Å²) in [5.74, 6) is -0.907. The van der Waals surface area contributed by atoms with Crippen molar-refractivity contribution in [3.63, 3.8) is 0 Å². The zero-order valence-electron chi connectivity index (χ0n) is 10.6. The number of para-hydroxylation sites is 1. The first-order valence-electron chi connectivity index (χ1n) is 5.99. The number of hydrogen-bond acceptors (Lipinski definition) is 2. The van der Waals surface area contributed by atoms with Crippen LogP contribution in [0, 0.1) is 0 Å². The number of aromatic carboxylic acids is 1. The predicted octanol–water partition coefficient (Wildman–Crippen LogP) is 3.86. The number of carbonyl (C=O) groups is 1. The first-order valence-corrected chi connectivity index (χ1v) is 5.99. The van der Waals surface area contributed by atoms with Crippen molar-refractivity contribution in [3.8, 4) is 0 Å². The molecule has 0 bridgehead atoms. The molecule has 0 aliphatic carbocycles. The fraction of sp³-hybridized carbons (Fsp3) is 0.0625. The summed E-state index contributed by atoms with van der Waals surface area (Å²) in [6.45, 7) is 1.98. The van der Waals surface area contributed by atoms with Crippen LogP contribution in [0.15, 0.2) is 60.8 Å². The van der Waals surface area contributed by atoms with Crippen molar-refractivity contribution in [1.82, 2.24) is 0 Å². The predicted molar refractivity (Wildman–Crippen MR) is 77.1 cm³/mol. The minimum atomic E-state index is -0.907. The van der Waals surface area contributed by atoms with E-state index in [0.29, 0.717) is 5.56 Å². The molecule has 3 nitrogen and oxygen atoms in total. The van der Waals surface area contributed by atoms with E-state index in [1.807, 2.05) is 55.6 Å². The van der Waals surface area contributed by atoms with E-state index in [0.717, 1.165) is 16.8 Å². The molecule has 3 heteroatoms. The quantitative estimate of drug-likeness (QED) is 0.869. The molecule has 0 radical (unpaired) electrons. The van der Waals surface area contributed by atoms with Crippen molar-refractivity contribution in [2.24, 2.45) is 0 Å². The lowest BCUT2D eigenvalue weighted by Crippen LogP contribution is -1.96. The largest absolute Gasteiger partial charge is 0.478 e. The third kappa shape index (κ3) is 3.45. The van der Waals surface area contributed by atoms with Crippen LogP contribution in [0.5, 0.6) is 0 Å². The van der Waals surface area contributed by atoms with Crippen molar-refractivity contribution >= 4 is 17.2 Å². The van der Waals surface area contributed by atoms with Crippen LogP contribution in [0.2, 0.25) is 0 Å². The van der Waals surface area contributed by atoms with E-state index in [9.17, 15) is 4.79 Å². The zero-order valence-corrected chi connectivity index (χ0v) is 10.6. The highest BCUT2D eigenvalue weighted by molar-refractivity contribution is 5.88. The van der Waals surface area contributed by atoms with Gasteiger partial charge in [0.1, 0.15) is 0 Å². The number of carboxylic acid groups (broad SMARTS) is 1. The molecule has 2 rings (SSSR count). The Morgan fingerprint density at radius 3 is 2.16 bits per heavy atom. The zero-order chi connectivity index (χ0) is 13.7. The lowest BCUT2D eigenvalue weighted by molar-refractivity contribution is 0.0697. The smallest absolute Gasteiger partial charge is 0.335 e. The van der Waals surface area contributed by atoms with Crippen molar-refractivity contribution in [2.75, 3.05) is 5.32 Å². The van der Waals surface area contributed by atoms with Gasteiger partial charge < -0.3 is 10.4 Å². The van der Waals surface area contributed by atoms with Gasteiger partial charge in [-0.3, -0.25) is 0 Å². The second-order valence-corrected chi connectivity index (χ2v) is 4.22. The van der Waals surface area contributed by atoms with Crippen LogP contribution in [0.4, 0.5) is 5.69 Å². The summed E-state index contributed by atoms with van der Waals surface area (Å²) >= 11 is 0. The molecule has 2 aromatic carbocycles. The maximum Gasteiger partial charge on any atom is 0.335 e. The van der Waals surface area contributed by atoms with E-state index in [4.69, 9.17) is 5.11 Å². The summed E-state index contributed by atoms with van der Waals surface area (Å²) in [4.78, 5) is 10.8. The fourth-order valence-electron chi connectivity index (χ4n) is 1.68. The minimum Gasteiger partial charge on any atom is -0.478 e. The van der Waals surface area contributed by atoms with Crippen molar-refractivity contribution < 1.29 is 9.90 Å². The Morgan fingerprint density at radius 1 is 1.00 bits per heavy atom. The Labute approximate surface area is 112 Å². The van der Waals surface area contributed by atoms with E-state index in [1.54, 1.807) is 12.1 Å². The van der Waals surface area contributed by atoms with Gasteiger partial charge in [0.25, 0.3) is 0 Å². The Bertz CT molecular complexity index is 586. The maximum atomic E-state index is 10.8. The van der Waals surface area contributed by atoms with Crippen LogP contribution in [0.3, 0.4) is 0 Å². The molecule has 0 fully saturated rings. The second kappa shape index (κ2) is 5.87. The summed E-state index contributed by atoms with van der Waals surface area (Å²) in [5, 5.41) is 12.0. The summed E-state index contributed by atoms with van der Waals surface area (Å²) in [5.41, 5.74) is 3.35. The lowest BCUT2D eigenvalue weighted by Gasteiger charge is -2.05. The lowest BCUT2D eigenvalue weighted by atomic mass is 10.1. The molecule has 0 aliphatic rings. The molecular weight excluding hydrogens is 238 g/mol. The molecule has 0 heterocycles. The Hall–Kier alpha value is -2.55. The van der Waals surface area contributed by atoms with E-state index in [1.165, 1.54) is 0 Å². The van der Waals surface area contributed by atoms with Gasteiger partial charge in [0.15, 0.2) is 0 Å². The van der Waals surface area contributed by atoms with Gasteiger partial charge in [-0.1, -0.05) is 30.3 Å². The number of allylic oxidation sites excluding steroid dienone is 1. The number of nitrogens with one attached hydrogen (secondary N) is 1. The molecule has 0 atom stereocenters. The van der Waals surface area contributed by atoms with Crippen LogP contribution in [-0.4, -0.2) is 11.1 Å². The first-order chi connectivity index (χ1) is 9.16. The molecule has 19 heavy (non-hydrogen) atoms. The number of hydrogen-bond donors (Lipinski definition) is 2. The highest BCUT2D eigenvalue weighted by Crippen LogP contribution is 2.15. The number of anilines is 1. The minimum absolute atomic E-state index is 0.299. The molecule has 2 N–H and O–H groups in total. The topological polar surface area (TPSA) is 49.3 Å². The molecule has 96 valence electrons. The van der Waals surface area contributed by atoms with Gasteiger partial charge >= 0.3 is 5.97 Å². The van der Waals surface area contributed by atoms with Gasteiger partial charge in [-0.15, -0.1) is 0 Å². The maximum absolute atomic E-state index is 10.8. The van der Waals surface area contributed by atoms with Gasteiger partial charge in [-0.05, 0) is 42.3 Å². The van der Waals surface area contributed by atoms with Crippen LogP contribution in [-0.2, 0) is 0 Å². The summed E-state index contributed by atoms with van der Waals surface area (Å²) in [6, 6.07) is 16.7. The molecule has 0 aliphatic heterocycles. The number of carboxylic acids is 1. The molecule has 0 spiro atoms. The standard InChI is InChI=1S/C16H15NO2/c1-12(11-17-15-5-3-2-4-6-15)13-7-9-14(10-8-13)16(18)19/h2-11,17H,1H3,(H,18,19)/b12-11-. The Balaban J connectivity index is 2.10.